The summed E-state index contributed by atoms with van der Waals surface area (Å²) < 4.78 is 0. The molecule has 2 aromatic rings. The quantitative estimate of drug-likeness (QED) is 0.852. The maximum absolute atomic E-state index is 12.2. The van der Waals surface area contributed by atoms with Crippen LogP contribution < -0.4 is 5.73 Å². The Morgan fingerprint density at radius 2 is 2.39 bits per heavy atom. The molecule has 1 fully saturated rings. The molecule has 1 saturated heterocycles. The molecular weight excluding hydrogens is 292 g/mol. The molecule has 2 unspecified atom stereocenters. The van der Waals surface area contributed by atoms with E-state index in [1.165, 1.54) is 0 Å². The first-order chi connectivity index (χ1) is 11.2. The third-order valence-corrected chi connectivity index (χ3v) is 4.79. The lowest BCUT2D eigenvalue weighted by Gasteiger charge is -2.49. The number of carbonyl (C=O) groups is 1. The van der Waals surface area contributed by atoms with Gasteiger partial charge in [-0.05, 0) is 38.1 Å². The van der Waals surface area contributed by atoms with E-state index < -0.39 is 5.54 Å². The van der Waals surface area contributed by atoms with Gasteiger partial charge in [0.1, 0.15) is 6.33 Å². The summed E-state index contributed by atoms with van der Waals surface area (Å²) in [5, 5.41) is 8.20. The van der Waals surface area contributed by atoms with E-state index in [4.69, 9.17) is 5.73 Å². The molecule has 2 atom stereocenters. The van der Waals surface area contributed by atoms with E-state index in [2.05, 4.69) is 32.0 Å². The van der Waals surface area contributed by atoms with Crippen molar-refractivity contribution < 1.29 is 4.79 Å². The molecule has 0 radical (unpaired) electrons. The highest BCUT2D eigenvalue weighted by Gasteiger charge is 2.52. The van der Waals surface area contributed by atoms with Crippen LogP contribution in [-0.4, -0.2) is 44.1 Å². The van der Waals surface area contributed by atoms with Gasteiger partial charge in [0, 0.05) is 18.3 Å². The summed E-state index contributed by atoms with van der Waals surface area (Å²) >= 11 is 0. The summed E-state index contributed by atoms with van der Waals surface area (Å²) in [6, 6.07) is 5.81. The Balaban J connectivity index is 2.13. The van der Waals surface area contributed by atoms with Gasteiger partial charge in [0.25, 0.3) is 0 Å². The van der Waals surface area contributed by atoms with Crippen molar-refractivity contribution in [1.29, 1.82) is 0 Å². The molecule has 3 rings (SSSR count). The number of aromatic nitrogens is 4. The number of piperidine rings is 1. The Morgan fingerprint density at radius 1 is 1.52 bits per heavy atom. The number of hydrogen-bond acceptors (Lipinski definition) is 5. The maximum atomic E-state index is 12.2. The smallest absolute Gasteiger partial charge is 0.222 e. The van der Waals surface area contributed by atoms with Crippen LogP contribution in [0.1, 0.15) is 31.3 Å². The summed E-state index contributed by atoms with van der Waals surface area (Å²) in [5.74, 6) is 0.0649. The van der Waals surface area contributed by atoms with E-state index in [9.17, 15) is 4.79 Å². The average Bonchev–Trinajstić information content (AvgIpc) is 3.10. The molecule has 0 spiro atoms. The second-order valence-corrected chi connectivity index (χ2v) is 5.94. The lowest BCUT2D eigenvalue weighted by Crippen LogP contribution is -2.60. The number of likely N-dealkylation sites (tertiary alicyclic amines) is 1. The number of primary amides is 1. The predicted molar refractivity (Wildman–Crippen MR) is 85.2 cm³/mol. The van der Waals surface area contributed by atoms with Crippen molar-refractivity contribution in [3.05, 3.63) is 42.2 Å². The summed E-state index contributed by atoms with van der Waals surface area (Å²) in [6.07, 6.45) is 5.58. The first-order valence-corrected chi connectivity index (χ1v) is 7.99. The van der Waals surface area contributed by atoms with Gasteiger partial charge in [-0.15, -0.1) is 10.2 Å². The zero-order valence-electron chi connectivity index (χ0n) is 13.3. The predicted octanol–water partition coefficient (Wildman–Crippen LogP) is 0.855. The molecule has 2 aromatic heterocycles. The number of pyridine rings is 1. The van der Waals surface area contributed by atoms with Crippen LogP contribution >= 0.6 is 0 Å². The fourth-order valence-corrected chi connectivity index (χ4v) is 3.79. The van der Waals surface area contributed by atoms with Crippen LogP contribution in [0, 0.1) is 5.92 Å². The Hall–Kier alpha value is -2.28. The van der Waals surface area contributed by atoms with Gasteiger partial charge >= 0.3 is 0 Å². The Morgan fingerprint density at radius 3 is 3.00 bits per heavy atom. The van der Waals surface area contributed by atoms with Gasteiger partial charge in [0.15, 0.2) is 5.82 Å². The third-order valence-electron chi connectivity index (χ3n) is 4.79. The molecule has 122 valence electrons. The van der Waals surface area contributed by atoms with E-state index >= 15 is 0 Å². The lowest BCUT2D eigenvalue weighted by molar-refractivity contribution is -0.132. The third kappa shape index (κ3) is 2.72. The number of carbonyl (C=O) groups excluding carboxylic acids is 1. The molecule has 0 saturated carbocycles. The van der Waals surface area contributed by atoms with Crippen LogP contribution in [0.2, 0.25) is 0 Å². The highest BCUT2D eigenvalue weighted by atomic mass is 16.1. The molecule has 3 heterocycles. The number of hydrogen-bond donors (Lipinski definition) is 2. The number of aromatic amines is 1. The van der Waals surface area contributed by atoms with Crippen molar-refractivity contribution >= 4 is 5.91 Å². The van der Waals surface area contributed by atoms with Gasteiger partial charge in [-0.1, -0.05) is 13.0 Å². The monoisotopic (exact) mass is 314 g/mol. The molecule has 3 N–H and O–H groups in total. The van der Waals surface area contributed by atoms with Crippen LogP contribution in [0.25, 0.3) is 0 Å². The maximum Gasteiger partial charge on any atom is 0.222 e. The summed E-state index contributed by atoms with van der Waals surface area (Å²) in [4.78, 5) is 22.1. The normalized spacial score (nSPS) is 25.3. The molecule has 7 nitrogen and oxygen atoms in total. The Kier molecular flexibility index (Phi) is 4.38. The van der Waals surface area contributed by atoms with E-state index in [1.54, 1.807) is 12.5 Å². The first kappa shape index (κ1) is 15.6. The van der Waals surface area contributed by atoms with Crippen molar-refractivity contribution in [2.75, 3.05) is 13.1 Å². The topological polar surface area (TPSA) is 101 Å². The van der Waals surface area contributed by atoms with Crippen molar-refractivity contribution in [1.82, 2.24) is 25.1 Å². The van der Waals surface area contributed by atoms with Crippen molar-refractivity contribution in [3.63, 3.8) is 0 Å². The van der Waals surface area contributed by atoms with Crippen LogP contribution in [0.4, 0.5) is 0 Å². The van der Waals surface area contributed by atoms with E-state index in [0.29, 0.717) is 12.2 Å². The Bertz CT molecular complexity index is 644. The van der Waals surface area contributed by atoms with Crippen LogP contribution in [0.5, 0.6) is 0 Å². The first-order valence-electron chi connectivity index (χ1n) is 7.99. The van der Waals surface area contributed by atoms with Gasteiger partial charge in [-0.2, -0.15) is 0 Å². The fourth-order valence-electron chi connectivity index (χ4n) is 3.79. The highest BCUT2D eigenvalue weighted by molar-refractivity contribution is 5.78. The van der Waals surface area contributed by atoms with Crippen molar-refractivity contribution in [2.24, 2.45) is 11.7 Å². The van der Waals surface area contributed by atoms with E-state index in [0.717, 1.165) is 31.6 Å². The van der Waals surface area contributed by atoms with Gasteiger partial charge in [-0.25, -0.2) is 0 Å². The van der Waals surface area contributed by atoms with Crippen LogP contribution in [-0.2, 0) is 16.8 Å². The summed E-state index contributed by atoms with van der Waals surface area (Å²) in [7, 11) is 0. The zero-order valence-corrected chi connectivity index (χ0v) is 13.3. The van der Waals surface area contributed by atoms with Gasteiger partial charge in [0.05, 0.1) is 11.5 Å². The number of nitrogens with one attached hydrogen (secondary N) is 1. The minimum Gasteiger partial charge on any atom is -0.369 e. The Labute approximate surface area is 135 Å². The molecule has 0 aliphatic carbocycles. The number of nitrogens with zero attached hydrogens (tertiary/aromatic N) is 4. The number of likely N-dealkylation sites (N-methyl/N-ethyl adjacent to an activating group) is 1. The number of rotatable bonds is 5. The van der Waals surface area contributed by atoms with Crippen molar-refractivity contribution in [3.8, 4) is 0 Å². The van der Waals surface area contributed by atoms with Crippen LogP contribution in [0.15, 0.2) is 30.7 Å². The molecular formula is C16H22N6O. The van der Waals surface area contributed by atoms with Gasteiger partial charge in [0.2, 0.25) is 5.91 Å². The average molecular weight is 314 g/mol. The molecule has 1 aliphatic rings. The van der Waals surface area contributed by atoms with Gasteiger partial charge in [-0.3, -0.25) is 14.7 Å². The number of amides is 1. The van der Waals surface area contributed by atoms with E-state index in [-0.39, 0.29) is 11.8 Å². The number of H-pyrrole nitrogens is 1. The minimum absolute atomic E-state index is 0.296. The molecule has 1 amide bonds. The molecule has 23 heavy (non-hydrogen) atoms. The second-order valence-electron chi connectivity index (χ2n) is 5.94. The SMILES string of the molecule is CCN1CCCC(C(N)=O)C1(Cc1ccccn1)c1nnc[nH]1. The minimum atomic E-state index is -0.621. The number of nitrogens with two attached hydrogens (primary N) is 1. The van der Waals surface area contributed by atoms with E-state index in [1.807, 2.05) is 18.2 Å². The van der Waals surface area contributed by atoms with Gasteiger partial charge < -0.3 is 10.7 Å². The summed E-state index contributed by atoms with van der Waals surface area (Å²) in [6.45, 7) is 3.79. The lowest BCUT2D eigenvalue weighted by atomic mass is 9.72. The highest BCUT2D eigenvalue weighted by Crippen LogP contribution is 2.42. The molecule has 1 aliphatic heterocycles. The second kappa shape index (κ2) is 6.45. The standard InChI is InChI=1S/C16H22N6O/c1-2-22-9-5-7-13(14(17)23)16(22,15-19-11-20-21-15)10-12-6-3-4-8-18-12/h3-4,6,8,11,13H,2,5,7,9-10H2,1H3,(H2,17,23)(H,19,20,21). The zero-order chi connectivity index (χ0) is 16.3. The summed E-state index contributed by atoms with van der Waals surface area (Å²) in [5.41, 5.74) is 6.06. The fraction of sp³-hybridized carbons (Fsp3) is 0.500. The molecule has 7 heteroatoms. The largest absolute Gasteiger partial charge is 0.369 e. The molecule has 0 aromatic carbocycles. The van der Waals surface area contributed by atoms with Crippen LogP contribution in [0.3, 0.4) is 0 Å². The molecule has 0 bridgehead atoms. The van der Waals surface area contributed by atoms with Crippen molar-refractivity contribution in [2.45, 2.75) is 31.7 Å².